The molecule has 2 aliphatic heterocycles. The number of hydrogen-bond acceptors (Lipinski definition) is 6. The van der Waals surface area contributed by atoms with Gasteiger partial charge in [0.05, 0.1) is 24.8 Å². The zero-order valence-electron chi connectivity index (χ0n) is 17.0. The standard InChI is InChI=1S/C20H26ClN5O3S/c1-24-16-3-7-26(20(28)18-15(21)4-12-30-18)13-14(16)17(23-24)19(27)22-5-2-6-25-8-10-29-11-9-25/h4,12H,2-3,5-11,13H2,1H3,(H,22,27). The lowest BCUT2D eigenvalue weighted by Crippen LogP contribution is -2.38. The van der Waals surface area contributed by atoms with Crippen molar-refractivity contribution in [1.29, 1.82) is 0 Å². The normalized spacial score (nSPS) is 17.1. The van der Waals surface area contributed by atoms with Gasteiger partial charge in [0.2, 0.25) is 0 Å². The molecule has 2 aromatic heterocycles. The lowest BCUT2D eigenvalue weighted by atomic mass is 10.0. The van der Waals surface area contributed by atoms with Crippen LogP contribution in [0.4, 0.5) is 0 Å². The van der Waals surface area contributed by atoms with Gasteiger partial charge in [0, 0.05) is 50.9 Å². The molecule has 0 unspecified atom stereocenters. The molecule has 4 rings (SSSR count). The average molecular weight is 452 g/mol. The topological polar surface area (TPSA) is 79.7 Å². The quantitative estimate of drug-likeness (QED) is 0.677. The van der Waals surface area contributed by atoms with Gasteiger partial charge in [0.1, 0.15) is 4.88 Å². The van der Waals surface area contributed by atoms with E-state index in [2.05, 4.69) is 15.3 Å². The molecule has 30 heavy (non-hydrogen) atoms. The van der Waals surface area contributed by atoms with Gasteiger partial charge in [0.15, 0.2) is 5.69 Å². The summed E-state index contributed by atoms with van der Waals surface area (Å²) in [4.78, 5) is 30.3. The second-order valence-electron chi connectivity index (χ2n) is 7.54. The van der Waals surface area contributed by atoms with Crippen molar-refractivity contribution in [2.45, 2.75) is 19.4 Å². The Morgan fingerprint density at radius 2 is 2.10 bits per heavy atom. The summed E-state index contributed by atoms with van der Waals surface area (Å²) in [5.74, 6) is -0.279. The molecule has 4 heterocycles. The molecule has 162 valence electrons. The van der Waals surface area contributed by atoms with Crippen molar-refractivity contribution in [3.8, 4) is 0 Å². The van der Waals surface area contributed by atoms with Crippen molar-refractivity contribution < 1.29 is 14.3 Å². The second-order valence-corrected chi connectivity index (χ2v) is 8.86. The van der Waals surface area contributed by atoms with Gasteiger partial charge < -0.3 is 15.0 Å². The van der Waals surface area contributed by atoms with Gasteiger partial charge in [-0.25, -0.2) is 0 Å². The number of amides is 2. The van der Waals surface area contributed by atoms with E-state index >= 15 is 0 Å². The minimum Gasteiger partial charge on any atom is -0.379 e. The molecule has 0 bridgehead atoms. The highest BCUT2D eigenvalue weighted by Crippen LogP contribution is 2.28. The first kappa shape index (κ1) is 21.3. The van der Waals surface area contributed by atoms with Crippen molar-refractivity contribution in [3.63, 3.8) is 0 Å². The summed E-state index contributed by atoms with van der Waals surface area (Å²) >= 11 is 7.48. The molecule has 2 amide bonds. The fourth-order valence-corrected chi connectivity index (χ4v) is 5.05. The highest BCUT2D eigenvalue weighted by atomic mass is 35.5. The van der Waals surface area contributed by atoms with Gasteiger partial charge >= 0.3 is 0 Å². The molecular formula is C20H26ClN5O3S. The van der Waals surface area contributed by atoms with Gasteiger partial charge in [-0.2, -0.15) is 5.10 Å². The smallest absolute Gasteiger partial charge is 0.272 e. The Morgan fingerprint density at radius 1 is 1.30 bits per heavy atom. The Morgan fingerprint density at radius 3 is 2.83 bits per heavy atom. The Hall–Kier alpha value is -1.94. The highest BCUT2D eigenvalue weighted by Gasteiger charge is 2.30. The summed E-state index contributed by atoms with van der Waals surface area (Å²) in [7, 11) is 1.85. The maximum atomic E-state index is 12.9. The molecule has 0 atom stereocenters. The van der Waals surface area contributed by atoms with E-state index in [1.807, 2.05) is 12.4 Å². The number of fused-ring (bicyclic) bond motifs is 1. The Bertz CT molecular complexity index is 922. The monoisotopic (exact) mass is 451 g/mol. The van der Waals surface area contributed by atoms with Crippen LogP contribution in [0.2, 0.25) is 5.02 Å². The molecule has 8 nitrogen and oxygen atoms in total. The van der Waals surface area contributed by atoms with Gasteiger partial charge in [-0.15, -0.1) is 11.3 Å². The molecule has 0 radical (unpaired) electrons. The Balaban J connectivity index is 1.37. The average Bonchev–Trinajstić information content (AvgIpc) is 3.34. The Labute approximate surface area is 184 Å². The van der Waals surface area contributed by atoms with Crippen LogP contribution < -0.4 is 5.32 Å². The van der Waals surface area contributed by atoms with Crippen molar-refractivity contribution in [1.82, 2.24) is 24.9 Å². The molecule has 0 spiro atoms. The van der Waals surface area contributed by atoms with Crippen LogP contribution in [0.15, 0.2) is 11.4 Å². The molecule has 10 heteroatoms. The van der Waals surface area contributed by atoms with Crippen LogP contribution >= 0.6 is 22.9 Å². The molecule has 1 fully saturated rings. The summed E-state index contributed by atoms with van der Waals surface area (Å²) in [5.41, 5.74) is 2.25. The van der Waals surface area contributed by atoms with E-state index in [9.17, 15) is 9.59 Å². The van der Waals surface area contributed by atoms with E-state index in [-0.39, 0.29) is 11.8 Å². The first-order chi connectivity index (χ1) is 14.5. The zero-order valence-corrected chi connectivity index (χ0v) is 18.6. The van der Waals surface area contributed by atoms with Gasteiger partial charge in [-0.1, -0.05) is 11.6 Å². The van der Waals surface area contributed by atoms with Gasteiger partial charge in [-0.05, 0) is 24.4 Å². The van der Waals surface area contributed by atoms with Crippen molar-refractivity contribution in [2.24, 2.45) is 7.05 Å². The van der Waals surface area contributed by atoms with E-state index in [0.717, 1.165) is 50.5 Å². The summed E-state index contributed by atoms with van der Waals surface area (Å²) in [6, 6.07) is 1.73. The van der Waals surface area contributed by atoms with E-state index in [0.29, 0.717) is 41.6 Å². The fourth-order valence-electron chi connectivity index (χ4n) is 3.95. The van der Waals surface area contributed by atoms with Crippen LogP contribution in [-0.2, 0) is 24.8 Å². The molecule has 0 aromatic carbocycles. The van der Waals surface area contributed by atoms with Crippen LogP contribution in [0.25, 0.3) is 0 Å². The number of rotatable bonds is 6. The Kier molecular flexibility index (Phi) is 6.72. The number of nitrogens with zero attached hydrogens (tertiary/aromatic N) is 4. The van der Waals surface area contributed by atoms with Crippen LogP contribution in [0, 0.1) is 0 Å². The van der Waals surface area contributed by atoms with Crippen molar-refractivity contribution >= 4 is 34.8 Å². The predicted molar refractivity (Wildman–Crippen MR) is 115 cm³/mol. The van der Waals surface area contributed by atoms with Gasteiger partial charge in [-0.3, -0.25) is 19.2 Å². The highest BCUT2D eigenvalue weighted by molar-refractivity contribution is 7.12. The van der Waals surface area contributed by atoms with Crippen LogP contribution in [-0.4, -0.2) is 77.3 Å². The number of hydrogen-bond donors (Lipinski definition) is 1. The lowest BCUT2D eigenvalue weighted by molar-refractivity contribution is 0.0374. The summed E-state index contributed by atoms with van der Waals surface area (Å²) < 4.78 is 7.12. The minimum absolute atomic E-state index is 0.0960. The largest absolute Gasteiger partial charge is 0.379 e. The van der Waals surface area contributed by atoms with E-state index in [1.165, 1.54) is 11.3 Å². The van der Waals surface area contributed by atoms with Crippen molar-refractivity contribution in [2.75, 3.05) is 45.9 Å². The molecule has 1 saturated heterocycles. The number of carbonyl (C=O) groups is 2. The zero-order chi connectivity index (χ0) is 21.1. The third kappa shape index (κ3) is 4.54. The number of aromatic nitrogens is 2. The third-order valence-corrected chi connectivity index (χ3v) is 6.93. The van der Waals surface area contributed by atoms with Crippen LogP contribution in [0.1, 0.15) is 37.8 Å². The van der Waals surface area contributed by atoms with E-state index < -0.39 is 0 Å². The van der Waals surface area contributed by atoms with E-state index in [1.54, 1.807) is 15.6 Å². The molecule has 0 aliphatic carbocycles. The first-order valence-corrected chi connectivity index (χ1v) is 11.5. The second kappa shape index (κ2) is 9.47. The SMILES string of the molecule is Cn1nc(C(=O)NCCCN2CCOCC2)c2c1CCN(C(=O)c1sccc1Cl)C2. The number of aryl methyl sites for hydroxylation is 1. The number of morpholine rings is 1. The molecule has 2 aliphatic rings. The van der Waals surface area contributed by atoms with Crippen molar-refractivity contribution in [3.05, 3.63) is 38.3 Å². The number of nitrogens with one attached hydrogen (secondary N) is 1. The maximum absolute atomic E-state index is 12.9. The predicted octanol–water partition coefficient (Wildman–Crippen LogP) is 1.79. The van der Waals surface area contributed by atoms with Crippen LogP contribution in [0.3, 0.4) is 0 Å². The van der Waals surface area contributed by atoms with Crippen LogP contribution in [0.5, 0.6) is 0 Å². The number of thiophene rings is 1. The maximum Gasteiger partial charge on any atom is 0.272 e. The number of halogens is 1. The number of carbonyl (C=O) groups excluding carboxylic acids is 2. The molecule has 2 aromatic rings. The fraction of sp³-hybridized carbons (Fsp3) is 0.550. The summed E-state index contributed by atoms with van der Waals surface area (Å²) in [6.45, 7) is 5.92. The van der Waals surface area contributed by atoms with Gasteiger partial charge in [0.25, 0.3) is 11.8 Å². The lowest BCUT2D eigenvalue weighted by Gasteiger charge is -2.27. The minimum atomic E-state index is -0.183. The third-order valence-electron chi connectivity index (χ3n) is 5.60. The van der Waals surface area contributed by atoms with E-state index in [4.69, 9.17) is 16.3 Å². The molecule has 0 saturated carbocycles. The molecular weight excluding hydrogens is 426 g/mol. The number of ether oxygens (including phenoxy) is 1. The summed E-state index contributed by atoms with van der Waals surface area (Å²) in [6.07, 6.45) is 1.54. The summed E-state index contributed by atoms with van der Waals surface area (Å²) in [5, 5.41) is 9.72. The molecule has 1 N–H and O–H groups in total. The first-order valence-electron chi connectivity index (χ1n) is 10.2.